The first-order valence-corrected chi connectivity index (χ1v) is 6.94. The van der Waals surface area contributed by atoms with Crippen LogP contribution in [0.15, 0.2) is 0 Å². The number of nitrogens with zero attached hydrogens (tertiary/aromatic N) is 1. The Bertz CT molecular complexity index is 303. The Morgan fingerprint density at radius 2 is 2.00 bits per heavy atom. The summed E-state index contributed by atoms with van der Waals surface area (Å²) in [5, 5.41) is 20.5. The van der Waals surface area contributed by atoms with Crippen molar-refractivity contribution in [2.75, 3.05) is 19.7 Å². The predicted octanol–water partition coefficient (Wildman–Crippen LogP) is 1.04. The van der Waals surface area contributed by atoms with Gasteiger partial charge in [-0.05, 0) is 19.3 Å². The lowest BCUT2D eigenvalue weighted by Gasteiger charge is -2.28. The highest BCUT2D eigenvalue weighted by molar-refractivity contribution is 5.74. The summed E-state index contributed by atoms with van der Waals surface area (Å²) in [7, 11) is 0. The molecule has 1 unspecified atom stereocenters. The van der Waals surface area contributed by atoms with Crippen LogP contribution in [0.25, 0.3) is 0 Å². The average Bonchev–Trinajstić information content (AvgIpc) is 2.88. The minimum atomic E-state index is -0.850. The van der Waals surface area contributed by atoms with Gasteiger partial charge < -0.3 is 20.4 Å². The number of amides is 2. The van der Waals surface area contributed by atoms with E-state index >= 15 is 0 Å². The Morgan fingerprint density at radius 1 is 1.37 bits per heavy atom. The molecule has 1 saturated carbocycles. The van der Waals surface area contributed by atoms with Gasteiger partial charge in [0.2, 0.25) is 0 Å². The summed E-state index contributed by atoms with van der Waals surface area (Å²) < 4.78 is 0. The second-order valence-corrected chi connectivity index (χ2v) is 5.12. The van der Waals surface area contributed by atoms with Gasteiger partial charge in [0.25, 0.3) is 0 Å². The summed E-state index contributed by atoms with van der Waals surface area (Å²) in [6.07, 6.45) is 4.63. The molecule has 6 nitrogen and oxygen atoms in total. The van der Waals surface area contributed by atoms with Crippen molar-refractivity contribution in [2.24, 2.45) is 5.92 Å². The Balaban J connectivity index is 2.37. The maximum Gasteiger partial charge on any atom is 0.317 e. The standard InChI is InChI=1S/C13H24N2O4/c1-10(12(17)18)6-7-14-13(19)15(8-9-16)11-4-2-3-5-11/h10-11,16H,2-9H2,1H3,(H,14,19)(H,17,18). The first-order chi connectivity index (χ1) is 9.06. The maximum absolute atomic E-state index is 12.0. The number of hydrogen-bond acceptors (Lipinski definition) is 3. The smallest absolute Gasteiger partial charge is 0.317 e. The van der Waals surface area contributed by atoms with Crippen molar-refractivity contribution in [3.8, 4) is 0 Å². The molecule has 2 amide bonds. The zero-order valence-electron chi connectivity index (χ0n) is 11.5. The van der Waals surface area contributed by atoms with Gasteiger partial charge in [-0.25, -0.2) is 4.79 Å². The molecule has 0 aliphatic heterocycles. The molecule has 0 heterocycles. The van der Waals surface area contributed by atoms with Crippen molar-refractivity contribution in [3.05, 3.63) is 0 Å². The molecule has 0 aromatic heterocycles. The molecule has 1 rings (SSSR count). The van der Waals surface area contributed by atoms with Crippen LogP contribution in [0.2, 0.25) is 0 Å². The number of aliphatic hydroxyl groups excluding tert-OH is 1. The number of carboxylic acid groups (broad SMARTS) is 1. The predicted molar refractivity (Wildman–Crippen MR) is 70.9 cm³/mol. The van der Waals surface area contributed by atoms with E-state index < -0.39 is 11.9 Å². The number of aliphatic hydroxyl groups is 1. The van der Waals surface area contributed by atoms with Gasteiger partial charge in [0.15, 0.2) is 0 Å². The topological polar surface area (TPSA) is 89.9 Å². The SMILES string of the molecule is CC(CCNC(=O)N(CCO)C1CCCC1)C(=O)O. The third kappa shape index (κ3) is 5.06. The van der Waals surface area contributed by atoms with Gasteiger partial charge in [0.05, 0.1) is 12.5 Å². The largest absolute Gasteiger partial charge is 0.481 e. The summed E-state index contributed by atoms with van der Waals surface area (Å²) in [6.45, 7) is 2.26. The number of carbonyl (C=O) groups excluding carboxylic acids is 1. The lowest BCUT2D eigenvalue weighted by atomic mass is 10.1. The second-order valence-electron chi connectivity index (χ2n) is 5.12. The Morgan fingerprint density at radius 3 is 2.53 bits per heavy atom. The zero-order chi connectivity index (χ0) is 14.3. The average molecular weight is 272 g/mol. The van der Waals surface area contributed by atoms with Gasteiger partial charge in [-0.1, -0.05) is 19.8 Å². The van der Waals surface area contributed by atoms with E-state index in [0.717, 1.165) is 25.7 Å². The van der Waals surface area contributed by atoms with Crippen molar-refractivity contribution < 1.29 is 19.8 Å². The van der Waals surface area contributed by atoms with Crippen molar-refractivity contribution >= 4 is 12.0 Å². The van der Waals surface area contributed by atoms with Gasteiger partial charge in [-0.3, -0.25) is 4.79 Å². The Hall–Kier alpha value is -1.30. The van der Waals surface area contributed by atoms with Crippen molar-refractivity contribution in [3.63, 3.8) is 0 Å². The Kier molecular flexibility index (Phi) is 6.62. The van der Waals surface area contributed by atoms with E-state index in [9.17, 15) is 9.59 Å². The van der Waals surface area contributed by atoms with Crippen LogP contribution < -0.4 is 5.32 Å². The quantitative estimate of drug-likeness (QED) is 0.646. The number of hydrogen-bond donors (Lipinski definition) is 3. The van der Waals surface area contributed by atoms with E-state index in [-0.39, 0.29) is 18.7 Å². The molecule has 0 spiro atoms. The van der Waals surface area contributed by atoms with Crippen LogP contribution in [0, 0.1) is 5.92 Å². The van der Waals surface area contributed by atoms with E-state index in [1.807, 2.05) is 0 Å². The fraction of sp³-hybridized carbons (Fsp3) is 0.846. The third-order valence-electron chi connectivity index (χ3n) is 3.64. The van der Waals surface area contributed by atoms with Crippen molar-refractivity contribution in [1.29, 1.82) is 0 Å². The van der Waals surface area contributed by atoms with Crippen LogP contribution in [-0.4, -0.2) is 52.9 Å². The van der Waals surface area contributed by atoms with E-state index in [1.165, 1.54) is 0 Å². The van der Waals surface area contributed by atoms with Gasteiger partial charge in [-0.2, -0.15) is 0 Å². The second kappa shape index (κ2) is 7.99. The first-order valence-electron chi connectivity index (χ1n) is 6.94. The van der Waals surface area contributed by atoms with Crippen LogP contribution in [0.3, 0.4) is 0 Å². The number of carbonyl (C=O) groups is 2. The van der Waals surface area contributed by atoms with Crippen LogP contribution in [0.4, 0.5) is 4.79 Å². The van der Waals surface area contributed by atoms with E-state index in [2.05, 4.69) is 5.32 Å². The van der Waals surface area contributed by atoms with Crippen molar-refractivity contribution in [2.45, 2.75) is 45.1 Å². The number of rotatable bonds is 7. The van der Waals surface area contributed by atoms with Crippen LogP contribution in [0.1, 0.15) is 39.0 Å². The molecule has 0 bridgehead atoms. The molecule has 19 heavy (non-hydrogen) atoms. The molecule has 110 valence electrons. The van der Waals surface area contributed by atoms with Crippen LogP contribution in [0.5, 0.6) is 0 Å². The molecular formula is C13H24N2O4. The van der Waals surface area contributed by atoms with Crippen molar-refractivity contribution in [1.82, 2.24) is 10.2 Å². The lowest BCUT2D eigenvalue weighted by Crippen LogP contribution is -2.47. The third-order valence-corrected chi connectivity index (χ3v) is 3.64. The number of carboxylic acids is 1. The fourth-order valence-electron chi connectivity index (χ4n) is 2.39. The lowest BCUT2D eigenvalue weighted by molar-refractivity contribution is -0.141. The number of nitrogens with one attached hydrogen (secondary N) is 1. The van der Waals surface area contributed by atoms with Crippen LogP contribution in [-0.2, 0) is 4.79 Å². The molecule has 1 aliphatic carbocycles. The molecule has 0 saturated heterocycles. The molecular weight excluding hydrogens is 248 g/mol. The molecule has 1 fully saturated rings. The fourth-order valence-corrected chi connectivity index (χ4v) is 2.39. The molecule has 1 atom stereocenters. The normalized spacial score (nSPS) is 17.2. The summed E-state index contributed by atoms with van der Waals surface area (Å²) >= 11 is 0. The molecule has 1 aliphatic rings. The zero-order valence-corrected chi connectivity index (χ0v) is 11.5. The summed E-state index contributed by atoms with van der Waals surface area (Å²) in [5.41, 5.74) is 0. The minimum Gasteiger partial charge on any atom is -0.481 e. The molecule has 3 N–H and O–H groups in total. The van der Waals surface area contributed by atoms with E-state index in [1.54, 1.807) is 11.8 Å². The molecule has 0 aromatic carbocycles. The summed E-state index contributed by atoms with van der Waals surface area (Å²) in [5.74, 6) is -1.31. The summed E-state index contributed by atoms with van der Waals surface area (Å²) in [4.78, 5) is 24.4. The molecule has 0 aromatic rings. The van der Waals surface area contributed by atoms with E-state index in [4.69, 9.17) is 10.2 Å². The van der Waals surface area contributed by atoms with E-state index in [0.29, 0.717) is 19.5 Å². The monoisotopic (exact) mass is 272 g/mol. The first kappa shape index (κ1) is 15.8. The number of aliphatic carboxylic acids is 1. The molecule has 6 heteroatoms. The minimum absolute atomic E-state index is 0.0462. The highest BCUT2D eigenvalue weighted by Gasteiger charge is 2.26. The van der Waals surface area contributed by atoms with Crippen LogP contribution >= 0.6 is 0 Å². The highest BCUT2D eigenvalue weighted by Crippen LogP contribution is 2.23. The number of urea groups is 1. The highest BCUT2D eigenvalue weighted by atomic mass is 16.4. The van der Waals surface area contributed by atoms with Gasteiger partial charge >= 0.3 is 12.0 Å². The summed E-state index contributed by atoms with van der Waals surface area (Å²) in [6, 6.07) is 0.0163. The Labute approximate surface area is 113 Å². The maximum atomic E-state index is 12.0. The van der Waals surface area contributed by atoms with Gasteiger partial charge in [-0.15, -0.1) is 0 Å². The van der Waals surface area contributed by atoms with Gasteiger partial charge in [0, 0.05) is 19.1 Å². The molecule has 0 radical (unpaired) electrons. The van der Waals surface area contributed by atoms with Gasteiger partial charge in [0.1, 0.15) is 0 Å².